The Morgan fingerprint density at radius 3 is 2.66 bits per heavy atom. The zero-order valence-electron chi connectivity index (χ0n) is 19.8. The smallest absolute Gasteiger partial charge is 0.123 e. The topological polar surface area (TPSA) is 80.9 Å². The Bertz CT molecular complexity index is 1510. The number of ether oxygens (including phenoxy) is 1. The molecule has 1 fully saturated rings. The first-order valence-electron chi connectivity index (χ1n) is 12.0. The molecule has 0 spiro atoms. The summed E-state index contributed by atoms with van der Waals surface area (Å²) in [6, 6.07) is 11.0. The molecule has 5 aromatic rings. The van der Waals surface area contributed by atoms with Crippen molar-refractivity contribution < 1.29 is 14.2 Å². The number of hydrogen-bond donors (Lipinski definition) is 2. The highest BCUT2D eigenvalue weighted by atomic mass is 19.1. The highest BCUT2D eigenvalue weighted by Crippen LogP contribution is 2.44. The van der Waals surface area contributed by atoms with Crippen LogP contribution in [0.2, 0.25) is 0 Å². The minimum absolute atomic E-state index is 0.0208. The number of nitrogens with one attached hydrogen (secondary N) is 1. The maximum absolute atomic E-state index is 13.9. The van der Waals surface area contributed by atoms with Crippen molar-refractivity contribution >= 4 is 21.8 Å². The minimum Gasteiger partial charge on any atom is -0.394 e. The second kappa shape index (κ2) is 8.32. The van der Waals surface area contributed by atoms with Crippen LogP contribution in [-0.4, -0.2) is 49.5 Å². The summed E-state index contributed by atoms with van der Waals surface area (Å²) >= 11 is 0. The van der Waals surface area contributed by atoms with E-state index in [1.54, 1.807) is 0 Å². The summed E-state index contributed by atoms with van der Waals surface area (Å²) in [5.41, 5.74) is 5.65. The van der Waals surface area contributed by atoms with Crippen molar-refractivity contribution in [3.05, 3.63) is 66.5 Å². The van der Waals surface area contributed by atoms with Crippen LogP contribution >= 0.6 is 0 Å². The number of H-pyrrole nitrogens is 1. The summed E-state index contributed by atoms with van der Waals surface area (Å²) < 4.78 is 23.7. The molecule has 1 aliphatic heterocycles. The fraction of sp³-hybridized carbons (Fsp3) is 0.333. The van der Waals surface area contributed by atoms with Gasteiger partial charge in [-0.2, -0.15) is 10.2 Å². The van der Waals surface area contributed by atoms with Crippen molar-refractivity contribution in [3.8, 4) is 16.8 Å². The number of nitrogens with zero attached hydrogens (tertiary/aromatic N) is 4. The van der Waals surface area contributed by atoms with E-state index in [0.717, 1.165) is 51.5 Å². The van der Waals surface area contributed by atoms with Crippen LogP contribution < -0.4 is 0 Å². The van der Waals surface area contributed by atoms with E-state index in [1.165, 1.54) is 17.8 Å². The molecule has 0 bridgehead atoms. The largest absolute Gasteiger partial charge is 0.394 e. The van der Waals surface area contributed by atoms with Crippen molar-refractivity contribution in [1.29, 1.82) is 0 Å². The van der Waals surface area contributed by atoms with E-state index in [2.05, 4.69) is 32.0 Å². The Hall–Kier alpha value is -3.49. The average Bonchev–Trinajstić information content (AvgIpc) is 3.61. The molecule has 0 saturated carbocycles. The van der Waals surface area contributed by atoms with Crippen molar-refractivity contribution in [3.63, 3.8) is 0 Å². The molecule has 1 saturated heterocycles. The Kier molecular flexibility index (Phi) is 5.23. The molecule has 2 aromatic carbocycles. The lowest BCUT2D eigenvalue weighted by molar-refractivity contribution is 0.0843. The predicted octanol–water partition coefficient (Wildman–Crippen LogP) is 5.13. The summed E-state index contributed by atoms with van der Waals surface area (Å²) in [5, 5.41) is 24.0. The first-order chi connectivity index (χ1) is 17.0. The average molecular weight is 474 g/mol. The molecule has 0 aliphatic carbocycles. The van der Waals surface area contributed by atoms with Gasteiger partial charge in [0, 0.05) is 58.6 Å². The van der Waals surface area contributed by atoms with Gasteiger partial charge in [0.2, 0.25) is 0 Å². The van der Waals surface area contributed by atoms with Crippen LogP contribution in [0.25, 0.3) is 38.6 Å². The molecule has 0 radical (unpaired) electrons. The van der Waals surface area contributed by atoms with Crippen LogP contribution in [0, 0.1) is 5.82 Å². The number of aromatic amines is 1. The van der Waals surface area contributed by atoms with Gasteiger partial charge in [0.15, 0.2) is 0 Å². The maximum Gasteiger partial charge on any atom is 0.123 e. The highest BCUT2D eigenvalue weighted by Gasteiger charge is 2.30. The zero-order valence-corrected chi connectivity index (χ0v) is 19.8. The number of aliphatic hydroxyl groups excluding tert-OH is 1. The van der Waals surface area contributed by atoms with Gasteiger partial charge in [-0.15, -0.1) is 0 Å². The van der Waals surface area contributed by atoms with E-state index in [-0.39, 0.29) is 18.3 Å². The van der Waals surface area contributed by atoms with Gasteiger partial charge in [-0.05, 0) is 63.1 Å². The number of benzene rings is 2. The number of rotatable bonds is 5. The first-order valence-corrected chi connectivity index (χ1v) is 12.0. The Balaban J connectivity index is 1.70. The van der Waals surface area contributed by atoms with Gasteiger partial charge < -0.3 is 14.4 Å². The fourth-order valence-electron chi connectivity index (χ4n) is 5.13. The monoisotopic (exact) mass is 473 g/mol. The molecule has 2 N–H and O–H groups in total. The van der Waals surface area contributed by atoms with Gasteiger partial charge >= 0.3 is 0 Å². The molecule has 0 amide bonds. The van der Waals surface area contributed by atoms with Gasteiger partial charge in [0.1, 0.15) is 5.82 Å². The Morgan fingerprint density at radius 1 is 1.14 bits per heavy atom. The number of aliphatic hydroxyl groups is 1. The molecule has 0 atom stereocenters. The molecular weight excluding hydrogens is 445 g/mol. The summed E-state index contributed by atoms with van der Waals surface area (Å²) in [7, 11) is 0. The molecule has 35 heavy (non-hydrogen) atoms. The number of halogens is 1. The molecule has 4 heterocycles. The lowest BCUT2D eigenvalue weighted by Crippen LogP contribution is -2.30. The predicted molar refractivity (Wildman–Crippen MR) is 133 cm³/mol. The van der Waals surface area contributed by atoms with Crippen molar-refractivity contribution in [2.75, 3.05) is 19.8 Å². The first kappa shape index (κ1) is 22.0. The Morgan fingerprint density at radius 2 is 1.91 bits per heavy atom. The normalized spacial score (nSPS) is 15.4. The van der Waals surface area contributed by atoms with E-state index in [9.17, 15) is 9.50 Å². The quantitative estimate of drug-likeness (QED) is 0.371. The molecule has 8 heteroatoms. The lowest BCUT2D eigenvalue weighted by Gasteiger charge is -2.25. The third-order valence-electron chi connectivity index (χ3n) is 7.14. The molecule has 7 nitrogen and oxygen atoms in total. The van der Waals surface area contributed by atoms with Crippen LogP contribution in [0.3, 0.4) is 0 Å². The maximum atomic E-state index is 13.9. The summed E-state index contributed by atoms with van der Waals surface area (Å²) in [5.74, 6) is 0.00431. The summed E-state index contributed by atoms with van der Waals surface area (Å²) in [6.45, 7) is 5.30. The summed E-state index contributed by atoms with van der Waals surface area (Å²) in [4.78, 5) is 0. The van der Waals surface area contributed by atoms with Gasteiger partial charge in [-0.25, -0.2) is 4.39 Å². The van der Waals surface area contributed by atoms with Crippen molar-refractivity contribution in [2.24, 2.45) is 0 Å². The summed E-state index contributed by atoms with van der Waals surface area (Å²) in [6.07, 6.45) is 7.52. The van der Waals surface area contributed by atoms with E-state index in [1.807, 2.05) is 49.3 Å². The van der Waals surface area contributed by atoms with Gasteiger partial charge in [-0.3, -0.25) is 9.78 Å². The second-order valence-corrected chi connectivity index (χ2v) is 9.93. The molecular formula is C27H28FN5O2. The molecule has 180 valence electrons. The van der Waals surface area contributed by atoms with E-state index < -0.39 is 5.54 Å². The number of aromatic nitrogens is 5. The van der Waals surface area contributed by atoms with Crippen molar-refractivity contribution in [2.45, 2.75) is 38.1 Å². The molecule has 6 rings (SSSR count). The molecule has 1 aliphatic rings. The standard InChI is InChI=1S/C27H28FN5O2/c1-27(2,16-34)32-15-19(14-30-32)25-22-12-23-18(13-29-31-23)11-24(22)33(21-5-3-20(28)4-6-21)26(25)17-7-9-35-10-8-17/h3-6,11-15,17,34H,7-10,16H2,1-2H3,(H,29,31). The van der Waals surface area contributed by atoms with Crippen LogP contribution in [0.5, 0.6) is 0 Å². The van der Waals surface area contributed by atoms with E-state index >= 15 is 0 Å². The molecule has 0 unspecified atom stereocenters. The number of hydrogen-bond acceptors (Lipinski definition) is 4. The zero-order chi connectivity index (χ0) is 24.2. The van der Waals surface area contributed by atoms with Gasteiger partial charge in [0.05, 0.1) is 35.6 Å². The third-order valence-corrected chi connectivity index (χ3v) is 7.14. The lowest BCUT2D eigenvalue weighted by atomic mass is 9.90. The van der Waals surface area contributed by atoms with Gasteiger partial charge in [-0.1, -0.05) is 0 Å². The van der Waals surface area contributed by atoms with Crippen LogP contribution in [0.15, 0.2) is 55.0 Å². The fourth-order valence-corrected chi connectivity index (χ4v) is 5.13. The second-order valence-electron chi connectivity index (χ2n) is 9.93. The van der Waals surface area contributed by atoms with E-state index in [0.29, 0.717) is 13.2 Å². The SMILES string of the molecule is CC(C)(CO)n1cc(-c2c(C3CCOCC3)n(-c3ccc(F)cc3)c3cc4cn[nH]c4cc23)cn1. The van der Waals surface area contributed by atoms with Gasteiger partial charge in [0.25, 0.3) is 0 Å². The number of fused-ring (bicyclic) bond motifs is 2. The minimum atomic E-state index is -0.525. The third kappa shape index (κ3) is 3.64. The van der Waals surface area contributed by atoms with E-state index in [4.69, 9.17) is 4.74 Å². The van der Waals surface area contributed by atoms with Crippen LogP contribution in [0.4, 0.5) is 4.39 Å². The van der Waals surface area contributed by atoms with Crippen molar-refractivity contribution in [1.82, 2.24) is 24.5 Å². The molecule has 3 aromatic heterocycles. The van der Waals surface area contributed by atoms with Crippen LogP contribution in [-0.2, 0) is 10.3 Å². The van der Waals surface area contributed by atoms with Crippen LogP contribution in [0.1, 0.15) is 38.3 Å². The Labute approximate surface area is 202 Å². The highest BCUT2D eigenvalue weighted by molar-refractivity contribution is 6.05.